The van der Waals surface area contributed by atoms with Crippen LogP contribution in [0.25, 0.3) is 0 Å². The van der Waals surface area contributed by atoms with Gasteiger partial charge in [0.25, 0.3) is 0 Å². The lowest BCUT2D eigenvalue weighted by Crippen LogP contribution is -1.80. The van der Waals surface area contributed by atoms with Crippen LogP contribution in [0.3, 0.4) is 0 Å². The van der Waals surface area contributed by atoms with Gasteiger partial charge in [0.2, 0.25) is 0 Å². The third-order valence-corrected chi connectivity index (χ3v) is 1.91. The molecule has 4 heteroatoms. The number of nitrogens with zero attached hydrogens (tertiary/aromatic N) is 1. The molecule has 1 rings (SSSR count). The van der Waals surface area contributed by atoms with Crippen molar-refractivity contribution >= 4 is 20.9 Å². The molecule has 1 N–H and O–H groups in total. The molecule has 0 amide bonds. The van der Waals surface area contributed by atoms with Gasteiger partial charge in [0.05, 0.1) is 6.20 Å². The van der Waals surface area contributed by atoms with Gasteiger partial charge in [-0.25, -0.2) is 0 Å². The van der Waals surface area contributed by atoms with Crippen molar-refractivity contribution in [1.29, 1.82) is 5.41 Å². The van der Waals surface area contributed by atoms with Gasteiger partial charge < -0.3 is 0 Å². The van der Waals surface area contributed by atoms with Crippen LogP contribution in [0.5, 0.6) is 0 Å². The molecule has 32 valence electrons. The molecule has 0 aliphatic rings. The van der Waals surface area contributed by atoms with E-state index in [9.17, 15) is 0 Å². The second-order valence-corrected chi connectivity index (χ2v) is 2.67. The van der Waals surface area contributed by atoms with Crippen LogP contribution in [-0.4, -0.2) is 4.37 Å². The predicted molar refractivity (Wildman–Crippen MR) is 25.8 cm³/mol. The van der Waals surface area contributed by atoms with Gasteiger partial charge in [-0.05, 0) is 10.3 Å². The Labute approximate surface area is 42.1 Å². The van der Waals surface area contributed by atoms with Crippen LogP contribution in [0, 0.1) is 5.41 Å². The Hall–Kier alpha value is -0.220. The Kier molecular flexibility index (Phi) is 0.979. The normalized spacial score (nSPS) is 8.67. The first-order valence-electron chi connectivity index (χ1n) is 1.35. The fourth-order valence-electron chi connectivity index (χ4n) is 0.153. The molecule has 0 aliphatic heterocycles. The summed E-state index contributed by atoms with van der Waals surface area (Å²) in [5.41, 5.74) is 0. The molecule has 6 heavy (non-hydrogen) atoms. The first kappa shape index (κ1) is 3.95. The Bertz CT molecular complexity index is 147. The van der Waals surface area contributed by atoms with E-state index in [0.29, 0.717) is 4.67 Å². The molecule has 1 heterocycles. The van der Waals surface area contributed by atoms with Crippen molar-refractivity contribution in [1.82, 2.24) is 4.37 Å². The summed E-state index contributed by atoms with van der Waals surface area (Å²) in [6, 6.07) is 0. The number of rotatable bonds is 0. The van der Waals surface area contributed by atoms with E-state index in [-0.39, 0.29) is 0 Å². The highest BCUT2D eigenvalue weighted by Crippen LogP contribution is 1.88. The number of hydrogen-bond donors (Lipinski definition) is 1. The molecule has 0 spiro atoms. The molecule has 1 aromatic heterocycles. The average molecular weight is 118 g/mol. The van der Waals surface area contributed by atoms with Crippen molar-refractivity contribution in [3.05, 3.63) is 10.9 Å². The third-order valence-electron chi connectivity index (χ3n) is 0.340. The zero-order chi connectivity index (χ0) is 4.41. The van der Waals surface area contributed by atoms with Gasteiger partial charge in [0.1, 0.15) is 4.67 Å². The van der Waals surface area contributed by atoms with Gasteiger partial charge in [-0.15, -0.1) is 0 Å². The van der Waals surface area contributed by atoms with Crippen LogP contribution in [-0.2, 0) is 0 Å². The summed E-state index contributed by atoms with van der Waals surface area (Å²) in [5.74, 6) is 0. The number of nitrogens with one attached hydrogen (secondary N) is 1. The van der Waals surface area contributed by atoms with E-state index < -0.39 is 0 Å². The fourth-order valence-corrected chi connectivity index (χ4v) is 1.22. The van der Waals surface area contributed by atoms with Crippen LogP contribution < -0.4 is 4.67 Å². The van der Waals surface area contributed by atoms with E-state index in [1.165, 1.54) is 27.1 Å². The highest BCUT2D eigenvalue weighted by Gasteiger charge is 1.71. The first-order chi connectivity index (χ1) is 2.89. The summed E-state index contributed by atoms with van der Waals surface area (Å²) < 4.78 is 4.24. The Balaban J connectivity index is 3.41. The lowest BCUT2D eigenvalue weighted by molar-refractivity contribution is 1.32. The van der Waals surface area contributed by atoms with Crippen molar-refractivity contribution in [2.45, 2.75) is 0 Å². The molecule has 0 unspecified atom stereocenters. The van der Waals surface area contributed by atoms with Crippen molar-refractivity contribution in [3.63, 3.8) is 0 Å². The minimum atomic E-state index is 0.542. The lowest BCUT2D eigenvalue weighted by atomic mass is 11.0. The number of aromatic nitrogens is 1. The smallest absolute Gasteiger partial charge is 0.138 e. The van der Waals surface area contributed by atoms with Crippen LogP contribution in [0.2, 0.25) is 0 Å². The molecule has 0 bridgehead atoms. The zero-order valence-corrected chi connectivity index (χ0v) is 4.47. The predicted octanol–water partition coefficient (Wildman–Crippen LogP) is 0.684. The maximum absolute atomic E-state index is 6.84. The molecule has 0 aliphatic carbocycles. The molecule has 2 nitrogen and oxygen atoms in total. The molecule has 0 atom stereocenters. The maximum Gasteiger partial charge on any atom is 0.138 e. The molecule has 0 saturated heterocycles. The Morgan fingerprint density at radius 2 is 2.67 bits per heavy atom. The third kappa shape index (κ3) is 0.636. The summed E-state index contributed by atoms with van der Waals surface area (Å²) in [6.07, 6.45) is 1.54. The van der Waals surface area contributed by atoms with Crippen molar-refractivity contribution < 1.29 is 0 Å². The summed E-state index contributed by atoms with van der Waals surface area (Å²) in [7, 11) is 2.72. The van der Waals surface area contributed by atoms with Crippen LogP contribution >= 0.6 is 20.9 Å². The van der Waals surface area contributed by atoms with Gasteiger partial charge >= 0.3 is 0 Å². The summed E-state index contributed by atoms with van der Waals surface area (Å²) in [5, 5.41) is 6.84. The van der Waals surface area contributed by atoms with Gasteiger partial charge in [-0.2, -0.15) is 4.37 Å². The summed E-state index contributed by atoms with van der Waals surface area (Å²) >= 11 is 0. The zero-order valence-electron chi connectivity index (χ0n) is 2.84. The minimum absolute atomic E-state index is 0.542. The molecular formula is C2H2N2S2. The molecule has 1 aromatic rings. The van der Waals surface area contributed by atoms with Crippen LogP contribution in [0.4, 0.5) is 0 Å². The second-order valence-electron chi connectivity index (χ2n) is 0.757. The second kappa shape index (κ2) is 1.49. The van der Waals surface area contributed by atoms with Crippen molar-refractivity contribution in [2.75, 3.05) is 0 Å². The van der Waals surface area contributed by atoms with Crippen molar-refractivity contribution in [2.24, 2.45) is 0 Å². The van der Waals surface area contributed by atoms with Crippen LogP contribution in [0.15, 0.2) is 6.20 Å². The Morgan fingerprint density at radius 3 is 2.83 bits per heavy atom. The maximum atomic E-state index is 6.84. The van der Waals surface area contributed by atoms with Crippen LogP contribution in [0.1, 0.15) is 0 Å². The molecule has 0 aromatic carbocycles. The van der Waals surface area contributed by atoms with E-state index >= 15 is 0 Å². The monoisotopic (exact) mass is 118 g/mol. The molecule has 0 fully saturated rings. The van der Waals surface area contributed by atoms with Gasteiger partial charge in [0, 0.05) is 10.5 Å². The first-order valence-corrected chi connectivity index (χ1v) is 3.46. The quantitative estimate of drug-likeness (QED) is 0.500. The highest BCUT2D eigenvalue weighted by atomic mass is 32.9. The summed E-state index contributed by atoms with van der Waals surface area (Å²) in [6.45, 7) is 0. The SMILES string of the molecule is N=c1cnss1. The topological polar surface area (TPSA) is 36.7 Å². The number of hydrogen-bond acceptors (Lipinski definition) is 4. The minimum Gasteiger partial charge on any atom is -0.288 e. The Morgan fingerprint density at radius 1 is 1.83 bits per heavy atom. The van der Waals surface area contributed by atoms with Gasteiger partial charge in [-0.3, -0.25) is 5.41 Å². The van der Waals surface area contributed by atoms with Gasteiger partial charge in [0.15, 0.2) is 0 Å². The lowest BCUT2D eigenvalue weighted by Gasteiger charge is -1.45. The summed E-state index contributed by atoms with van der Waals surface area (Å²) in [4.78, 5) is 0. The van der Waals surface area contributed by atoms with Gasteiger partial charge in [-0.1, -0.05) is 0 Å². The highest BCUT2D eigenvalue weighted by molar-refractivity contribution is 7.65. The average Bonchev–Trinajstić information content (AvgIpc) is 1.86. The molecule has 0 saturated carbocycles. The van der Waals surface area contributed by atoms with E-state index in [0.717, 1.165) is 0 Å². The fraction of sp³-hybridized carbons (Fsp3) is 0. The van der Waals surface area contributed by atoms with Crippen molar-refractivity contribution in [3.8, 4) is 0 Å². The van der Waals surface area contributed by atoms with E-state index in [2.05, 4.69) is 4.37 Å². The standard InChI is InChI=1S/C2H2N2S2/c3-2-1-4-6-5-2/h1,3H. The molecular weight excluding hydrogens is 116 g/mol. The molecule has 0 radical (unpaired) electrons. The van der Waals surface area contributed by atoms with E-state index in [1.807, 2.05) is 0 Å². The van der Waals surface area contributed by atoms with E-state index in [1.54, 1.807) is 0 Å². The largest absolute Gasteiger partial charge is 0.288 e. The van der Waals surface area contributed by atoms with E-state index in [4.69, 9.17) is 5.41 Å².